The lowest BCUT2D eigenvalue weighted by atomic mass is 10.2. The summed E-state index contributed by atoms with van der Waals surface area (Å²) in [5.74, 6) is -0.287. The molecule has 0 spiro atoms. The summed E-state index contributed by atoms with van der Waals surface area (Å²) in [5.41, 5.74) is 0. The first-order chi connectivity index (χ1) is 6.61. The van der Waals surface area contributed by atoms with Crippen LogP contribution in [-0.4, -0.2) is 38.9 Å². The average Bonchev–Trinajstić information content (AvgIpc) is 2.21. The van der Waals surface area contributed by atoms with Crippen LogP contribution in [0.25, 0.3) is 0 Å². The zero-order chi connectivity index (χ0) is 11.0. The number of ether oxygens (including phenoxy) is 2. The van der Waals surface area contributed by atoms with Gasteiger partial charge in [0, 0.05) is 19.2 Å². The van der Waals surface area contributed by atoms with Crippen LogP contribution in [0.3, 0.4) is 0 Å². The Morgan fingerprint density at radius 2 is 2.07 bits per heavy atom. The molecule has 0 amide bonds. The van der Waals surface area contributed by atoms with Gasteiger partial charge in [-0.15, -0.1) is 0 Å². The van der Waals surface area contributed by atoms with Gasteiger partial charge in [0.05, 0.1) is 19.6 Å². The van der Waals surface area contributed by atoms with Crippen molar-refractivity contribution in [2.75, 3.05) is 26.9 Å². The van der Waals surface area contributed by atoms with Crippen LogP contribution < -0.4 is 5.32 Å². The molecular formula is C10H21NO3. The zero-order valence-corrected chi connectivity index (χ0v) is 9.50. The Kier molecular flexibility index (Phi) is 7.42. The van der Waals surface area contributed by atoms with Crippen molar-refractivity contribution in [2.24, 2.45) is 5.92 Å². The molecule has 2 atom stereocenters. The second-order valence-corrected chi connectivity index (χ2v) is 3.39. The molecule has 0 aliphatic rings. The summed E-state index contributed by atoms with van der Waals surface area (Å²) in [6, 6.07) is 0.266. The van der Waals surface area contributed by atoms with E-state index in [9.17, 15) is 4.79 Å². The Labute approximate surface area is 86.0 Å². The molecule has 0 radical (unpaired) electrons. The van der Waals surface area contributed by atoms with E-state index in [0.717, 1.165) is 6.61 Å². The second kappa shape index (κ2) is 7.76. The third-order valence-electron chi connectivity index (χ3n) is 1.95. The van der Waals surface area contributed by atoms with Gasteiger partial charge < -0.3 is 14.8 Å². The van der Waals surface area contributed by atoms with Crippen molar-refractivity contribution in [2.45, 2.75) is 26.8 Å². The molecule has 0 aliphatic carbocycles. The molecule has 0 aromatic heterocycles. The molecule has 0 rings (SSSR count). The van der Waals surface area contributed by atoms with E-state index >= 15 is 0 Å². The molecule has 14 heavy (non-hydrogen) atoms. The molecule has 0 aromatic carbocycles. The van der Waals surface area contributed by atoms with Crippen LogP contribution in [0.15, 0.2) is 0 Å². The van der Waals surface area contributed by atoms with Crippen LogP contribution in [0.5, 0.6) is 0 Å². The Bertz CT molecular complexity index is 161. The molecule has 2 unspecified atom stereocenters. The summed E-state index contributed by atoms with van der Waals surface area (Å²) in [6.07, 6.45) is 0. The molecular weight excluding hydrogens is 182 g/mol. The number of esters is 1. The molecule has 4 nitrogen and oxygen atoms in total. The minimum absolute atomic E-state index is 0.107. The molecule has 0 saturated heterocycles. The molecule has 0 heterocycles. The number of hydrogen-bond acceptors (Lipinski definition) is 4. The molecule has 1 N–H and O–H groups in total. The van der Waals surface area contributed by atoms with Gasteiger partial charge in [-0.05, 0) is 13.8 Å². The van der Waals surface area contributed by atoms with Crippen molar-refractivity contribution in [3.05, 3.63) is 0 Å². The Balaban J connectivity index is 3.55. The lowest BCUT2D eigenvalue weighted by Crippen LogP contribution is -2.36. The van der Waals surface area contributed by atoms with E-state index < -0.39 is 0 Å². The van der Waals surface area contributed by atoms with Gasteiger partial charge in [-0.25, -0.2) is 0 Å². The first-order valence-corrected chi connectivity index (χ1v) is 5.00. The van der Waals surface area contributed by atoms with Crippen LogP contribution in [0.4, 0.5) is 0 Å². The average molecular weight is 203 g/mol. The highest BCUT2D eigenvalue weighted by Crippen LogP contribution is 1.96. The highest BCUT2D eigenvalue weighted by molar-refractivity contribution is 5.72. The van der Waals surface area contributed by atoms with Gasteiger partial charge in [0.2, 0.25) is 0 Å². The standard InChI is InChI=1S/C10H21NO3/c1-5-14-7-9(3)11-6-8(2)10(12)13-4/h8-9,11H,5-7H2,1-4H3. The van der Waals surface area contributed by atoms with Crippen molar-refractivity contribution < 1.29 is 14.3 Å². The van der Waals surface area contributed by atoms with Crippen LogP contribution in [0, 0.1) is 5.92 Å². The topological polar surface area (TPSA) is 47.6 Å². The third kappa shape index (κ3) is 5.94. The van der Waals surface area contributed by atoms with E-state index in [-0.39, 0.29) is 17.9 Å². The molecule has 0 aromatic rings. The molecule has 4 heteroatoms. The summed E-state index contributed by atoms with van der Waals surface area (Å²) < 4.78 is 9.85. The van der Waals surface area contributed by atoms with Gasteiger partial charge >= 0.3 is 5.97 Å². The summed E-state index contributed by atoms with van der Waals surface area (Å²) in [5, 5.41) is 3.21. The maximum absolute atomic E-state index is 11.0. The Hall–Kier alpha value is -0.610. The van der Waals surface area contributed by atoms with Crippen molar-refractivity contribution in [3.63, 3.8) is 0 Å². The van der Waals surface area contributed by atoms with Crippen LogP contribution in [0.1, 0.15) is 20.8 Å². The fourth-order valence-corrected chi connectivity index (χ4v) is 1.02. The van der Waals surface area contributed by atoms with Gasteiger partial charge in [0.1, 0.15) is 0 Å². The van der Waals surface area contributed by atoms with Gasteiger partial charge in [-0.3, -0.25) is 4.79 Å². The minimum Gasteiger partial charge on any atom is -0.469 e. The third-order valence-corrected chi connectivity index (χ3v) is 1.95. The van der Waals surface area contributed by atoms with Crippen molar-refractivity contribution in [1.29, 1.82) is 0 Å². The largest absolute Gasteiger partial charge is 0.469 e. The smallest absolute Gasteiger partial charge is 0.309 e. The number of carbonyl (C=O) groups excluding carboxylic acids is 1. The normalized spacial score (nSPS) is 14.9. The fraction of sp³-hybridized carbons (Fsp3) is 0.900. The van der Waals surface area contributed by atoms with E-state index in [1.807, 2.05) is 20.8 Å². The van der Waals surface area contributed by atoms with Gasteiger partial charge in [0.15, 0.2) is 0 Å². The lowest BCUT2D eigenvalue weighted by molar-refractivity contribution is -0.144. The first kappa shape index (κ1) is 13.4. The number of hydrogen-bond donors (Lipinski definition) is 1. The number of nitrogens with one attached hydrogen (secondary N) is 1. The summed E-state index contributed by atoms with van der Waals surface area (Å²) >= 11 is 0. The summed E-state index contributed by atoms with van der Waals surface area (Å²) in [6.45, 7) is 7.85. The Morgan fingerprint density at radius 1 is 1.43 bits per heavy atom. The van der Waals surface area contributed by atoms with E-state index in [2.05, 4.69) is 10.1 Å². The highest BCUT2D eigenvalue weighted by atomic mass is 16.5. The van der Waals surface area contributed by atoms with E-state index in [1.165, 1.54) is 7.11 Å². The quantitative estimate of drug-likeness (QED) is 0.622. The highest BCUT2D eigenvalue weighted by Gasteiger charge is 2.13. The van der Waals surface area contributed by atoms with Gasteiger partial charge in [-0.2, -0.15) is 0 Å². The lowest BCUT2D eigenvalue weighted by Gasteiger charge is -2.16. The Morgan fingerprint density at radius 3 is 2.57 bits per heavy atom. The van der Waals surface area contributed by atoms with Gasteiger partial charge in [0.25, 0.3) is 0 Å². The van der Waals surface area contributed by atoms with E-state index in [0.29, 0.717) is 13.2 Å². The molecule has 0 bridgehead atoms. The monoisotopic (exact) mass is 203 g/mol. The van der Waals surface area contributed by atoms with Crippen LogP contribution in [-0.2, 0) is 14.3 Å². The molecule has 0 aliphatic heterocycles. The van der Waals surface area contributed by atoms with E-state index in [1.54, 1.807) is 0 Å². The summed E-state index contributed by atoms with van der Waals surface area (Å²) in [7, 11) is 1.41. The molecule has 0 fully saturated rings. The van der Waals surface area contributed by atoms with Crippen molar-refractivity contribution in [3.8, 4) is 0 Å². The zero-order valence-electron chi connectivity index (χ0n) is 9.50. The second-order valence-electron chi connectivity index (χ2n) is 3.39. The van der Waals surface area contributed by atoms with Gasteiger partial charge in [-0.1, -0.05) is 6.92 Å². The maximum atomic E-state index is 11.0. The predicted molar refractivity (Wildman–Crippen MR) is 55.1 cm³/mol. The number of methoxy groups -OCH3 is 1. The number of carbonyl (C=O) groups is 1. The summed E-state index contributed by atoms with van der Waals surface area (Å²) in [4.78, 5) is 11.0. The number of rotatable bonds is 7. The minimum atomic E-state index is -0.180. The van der Waals surface area contributed by atoms with Crippen LogP contribution in [0.2, 0.25) is 0 Å². The SMILES string of the molecule is CCOCC(C)NCC(C)C(=O)OC. The maximum Gasteiger partial charge on any atom is 0.309 e. The fourth-order valence-electron chi connectivity index (χ4n) is 1.02. The van der Waals surface area contributed by atoms with E-state index in [4.69, 9.17) is 4.74 Å². The van der Waals surface area contributed by atoms with Crippen molar-refractivity contribution >= 4 is 5.97 Å². The predicted octanol–water partition coefficient (Wildman–Crippen LogP) is 0.810. The van der Waals surface area contributed by atoms with Crippen molar-refractivity contribution in [1.82, 2.24) is 5.32 Å². The van der Waals surface area contributed by atoms with Crippen LogP contribution >= 0.6 is 0 Å². The first-order valence-electron chi connectivity index (χ1n) is 5.00. The molecule has 84 valence electrons. The molecule has 0 saturated carbocycles.